The van der Waals surface area contributed by atoms with Crippen LogP contribution in [0.15, 0.2) is 10.9 Å². The number of halogens is 5. The van der Waals surface area contributed by atoms with Gasteiger partial charge in [-0.3, -0.25) is 4.79 Å². The monoisotopic (exact) mass is 300 g/mol. The average molecular weight is 300 g/mol. The summed E-state index contributed by atoms with van der Waals surface area (Å²) in [6.07, 6.45) is 0. The van der Waals surface area contributed by atoms with Gasteiger partial charge in [0.25, 0.3) is 5.56 Å². The summed E-state index contributed by atoms with van der Waals surface area (Å²) >= 11 is 0. The smallest absolute Gasteiger partial charge is 0.266 e. The van der Waals surface area contributed by atoms with Gasteiger partial charge in [-0.25, -0.2) is 22.0 Å². The Kier molecular flexibility index (Phi) is 3.51. The summed E-state index contributed by atoms with van der Waals surface area (Å²) in [4.78, 5) is 13.7. The quantitative estimate of drug-likeness (QED) is 0.500. The fraction of sp³-hybridized carbons (Fsp3) is 0.0769. The van der Waals surface area contributed by atoms with E-state index in [-0.39, 0.29) is 5.69 Å². The SMILES string of the molecule is Cc1cc(-c2c(F)c(F)c(F)c(F)c2F)c(C#N)c(=O)[nH]1. The van der Waals surface area contributed by atoms with Crippen molar-refractivity contribution in [3.05, 3.63) is 56.8 Å². The van der Waals surface area contributed by atoms with Crippen molar-refractivity contribution < 1.29 is 22.0 Å². The van der Waals surface area contributed by atoms with Crippen LogP contribution in [-0.2, 0) is 0 Å². The topological polar surface area (TPSA) is 56.6 Å². The van der Waals surface area contributed by atoms with Crippen molar-refractivity contribution >= 4 is 0 Å². The molecule has 1 heterocycles. The molecule has 0 aliphatic carbocycles. The molecule has 0 spiro atoms. The number of aromatic amines is 1. The van der Waals surface area contributed by atoms with E-state index >= 15 is 0 Å². The molecule has 0 saturated heterocycles. The number of nitrogens with one attached hydrogen (secondary N) is 1. The third-order valence-electron chi connectivity index (χ3n) is 2.76. The third-order valence-corrected chi connectivity index (χ3v) is 2.76. The van der Waals surface area contributed by atoms with Gasteiger partial charge in [0.2, 0.25) is 5.82 Å². The van der Waals surface area contributed by atoms with Gasteiger partial charge < -0.3 is 4.98 Å². The summed E-state index contributed by atoms with van der Waals surface area (Å²) in [5.74, 6) is -10.8. The predicted molar refractivity (Wildman–Crippen MR) is 61.7 cm³/mol. The molecule has 1 aromatic carbocycles. The molecule has 0 amide bonds. The summed E-state index contributed by atoms with van der Waals surface area (Å²) in [5, 5.41) is 8.85. The minimum atomic E-state index is -2.31. The van der Waals surface area contributed by atoms with Crippen LogP contribution in [-0.4, -0.2) is 4.98 Å². The lowest BCUT2D eigenvalue weighted by Gasteiger charge is -2.10. The zero-order chi connectivity index (χ0) is 15.9. The number of benzene rings is 1. The summed E-state index contributed by atoms with van der Waals surface area (Å²) in [5.41, 5.74) is -3.61. The lowest BCUT2D eigenvalue weighted by Crippen LogP contribution is -2.14. The van der Waals surface area contributed by atoms with Crippen LogP contribution in [0.3, 0.4) is 0 Å². The van der Waals surface area contributed by atoms with Crippen LogP contribution in [0, 0.1) is 47.3 Å². The van der Waals surface area contributed by atoms with Crippen molar-refractivity contribution in [2.45, 2.75) is 6.92 Å². The lowest BCUT2D eigenvalue weighted by atomic mass is 9.99. The van der Waals surface area contributed by atoms with Crippen LogP contribution in [0.4, 0.5) is 22.0 Å². The minimum absolute atomic E-state index is 0.0953. The molecule has 3 nitrogen and oxygen atoms in total. The average Bonchev–Trinajstić information content (AvgIpc) is 2.43. The number of H-pyrrole nitrogens is 1. The maximum absolute atomic E-state index is 13.7. The van der Waals surface area contributed by atoms with E-state index in [4.69, 9.17) is 5.26 Å². The molecule has 108 valence electrons. The van der Waals surface area contributed by atoms with Crippen molar-refractivity contribution in [3.8, 4) is 17.2 Å². The van der Waals surface area contributed by atoms with Crippen LogP contribution >= 0.6 is 0 Å². The first-order chi connectivity index (χ1) is 9.79. The first-order valence-corrected chi connectivity index (χ1v) is 5.45. The summed E-state index contributed by atoms with van der Waals surface area (Å²) in [7, 11) is 0. The minimum Gasteiger partial charge on any atom is -0.325 e. The van der Waals surface area contributed by atoms with Gasteiger partial charge in [0, 0.05) is 11.3 Å². The zero-order valence-corrected chi connectivity index (χ0v) is 10.3. The Morgan fingerprint density at radius 3 is 1.95 bits per heavy atom. The number of rotatable bonds is 1. The number of aryl methyl sites for hydroxylation is 1. The highest BCUT2D eigenvalue weighted by atomic mass is 19.2. The highest BCUT2D eigenvalue weighted by Gasteiger charge is 2.28. The predicted octanol–water partition coefficient (Wildman–Crippen LogP) is 2.92. The van der Waals surface area contributed by atoms with Gasteiger partial charge in [-0.2, -0.15) is 5.26 Å². The van der Waals surface area contributed by atoms with E-state index in [1.165, 1.54) is 13.0 Å². The summed E-state index contributed by atoms with van der Waals surface area (Å²) < 4.78 is 66.8. The fourth-order valence-electron chi connectivity index (χ4n) is 1.84. The largest absolute Gasteiger partial charge is 0.325 e. The molecular formula is C13H5F5N2O. The molecule has 2 rings (SSSR count). The number of hydrogen-bond donors (Lipinski definition) is 1. The molecule has 0 aliphatic heterocycles. The second-order valence-electron chi connectivity index (χ2n) is 4.13. The van der Waals surface area contributed by atoms with Gasteiger partial charge in [-0.05, 0) is 13.0 Å². The van der Waals surface area contributed by atoms with Gasteiger partial charge in [-0.15, -0.1) is 0 Å². The number of hydrogen-bond acceptors (Lipinski definition) is 2. The highest BCUT2D eigenvalue weighted by molar-refractivity contribution is 5.71. The fourth-order valence-corrected chi connectivity index (χ4v) is 1.84. The molecule has 8 heteroatoms. The molecular weight excluding hydrogens is 295 g/mol. The Hall–Kier alpha value is -2.69. The Morgan fingerprint density at radius 1 is 1.00 bits per heavy atom. The molecule has 0 fully saturated rings. The van der Waals surface area contributed by atoms with Crippen molar-refractivity contribution in [3.63, 3.8) is 0 Å². The van der Waals surface area contributed by atoms with E-state index in [9.17, 15) is 26.7 Å². The number of nitrogens with zero attached hydrogens (tertiary/aromatic N) is 1. The van der Waals surface area contributed by atoms with Gasteiger partial charge in [0.1, 0.15) is 11.6 Å². The third kappa shape index (κ3) is 2.16. The number of pyridine rings is 1. The van der Waals surface area contributed by atoms with Crippen molar-refractivity contribution in [1.82, 2.24) is 4.98 Å². The number of aromatic nitrogens is 1. The van der Waals surface area contributed by atoms with Gasteiger partial charge >= 0.3 is 0 Å². The Bertz CT molecular complexity index is 822. The Balaban J connectivity index is 3.00. The zero-order valence-electron chi connectivity index (χ0n) is 10.3. The van der Waals surface area contributed by atoms with Crippen LogP contribution < -0.4 is 5.56 Å². The molecule has 0 atom stereocenters. The van der Waals surface area contributed by atoms with E-state index in [0.29, 0.717) is 0 Å². The molecule has 0 saturated carbocycles. The van der Waals surface area contributed by atoms with Gasteiger partial charge in [-0.1, -0.05) is 0 Å². The van der Waals surface area contributed by atoms with Crippen molar-refractivity contribution in [2.24, 2.45) is 0 Å². The second kappa shape index (κ2) is 5.01. The van der Waals surface area contributed by atoms with E-state index < -0.39 is 51.3 Å². The molecule has 0 bridgehead atoms. The summed E-state index contributed by atoms with van der Waals surface area (Å²) in [6, 6.07) is 2.34. The van der Waals surface area contributed by atoms with E-state index in [1.807, 2.05) is 0 Å². The maximum Gasteiger partial charge on any atom is 0.266 e. The van der Waals surface area contributed by atoms with Crippen molar-refractivity contribution in [1.29, 1.82) is 5.26 Å². The van der Waals surface area contributed by atoms with Crippen LogP contribution in [0.1, 0.15) is 11.3 Å². The molecule has 0 aliphatic rings. The van der Waals surface area contributed by atoms with E-state index in [0.717, 1.165) is 6.07 Å². The van der Waals surface area contributed by atoms with Crippen molar-refractivity contribution in [2.75, 3.05) is 0 Å². The summed E-state index contributed by atoms with van der Waals surface area (Å²) in [6.45, 7) is 1.33. The van der Waals surface area contributed by atoms with Crippen LogP contribution in [0.2, 0.25) is 0 Å². The highest BCUT2D eigenvalue weighted by Crippen LogP contribution is 2.32. The second-order valence-corrected chi connectivity index (χ2v) is 4.13. The first kappa shape index (κ1) is 14.7. The Labute approximate surface area is 114 Å². The number of nitriles is 1. The molecule has 21 heavy (non-hydrogen) atoms. The van der Waals surface area contributed by atoms with Gasteiger partial charge in [0.05, 0.1) is 5.56 Å². The van der Waals surface area contributed by atoms with Crippen LogP contribution in [0.25, 0.3) is 11.1 Å². The molecule has 0 radical (unpaired) electrons. The standard InChI is InChI=1S/C13H5F5N2O/c1-4-2-5(6(3-19)13(21)20-4)7-8(14)10(16)12(18)11(17)9(7)15/h2H,1H3,(H,20,21). The first-order valence-electron chi connectivity index (χ1n) is 5.45. The maximum atomic E-state index is 13.7. The van der Waals surface area contributed by atoms with Gasteiger partial charge in [0.15, 0.2) is 23.3 Å². The molecule has 1 N–H and O–H groups in total. The molecule has 2 aromatic rings. The molecule has 1 aromatic heterocycles. The molecule has 0 unspecified atom stereocenters. The van der Waals surface area contributed by atoms with E-state index in [2.05, 4.69) is 4.98 Å². The van der Waals surface area contributed by atoms with Crippen LogP contribution in [0.5, 0.6) is 0 Å². The van der Waals surface area contributed by atoms with E-state index in [1.54, 1.807) is 0 Å². The normalized spacial score (nSPS) is 10.5. The lowest BCUT2D eigenvalue weighted by molar-refractivity contribution is 0.381. The Morgan fingerprint density at radius 2 is 1.48 bits per heavy atom.